The zero-order valence-corrected chi connectivity index (χ0v) is 8.01. The van der Waals surface area contributed by atoms with Crippen LogP contribution in [0.3, 0.4) is 0 Å². The smallest absolute Gasteiger partial charge is 0.338 e. The van der Waals surface area contributed by atoms with Gasteiger partial charge in [0.1, 0.15) is 6.61 Å². The number of hydrogen-bond donors (Lipinski definition) is 0. The Morgan fingerprint density at radius 3 is 2.50 bits per heavy atom. The van der Waals surface area contributed by atoms with Gasteiger partial charge in [-0.25, -0.2) is 4.79 Å². The molecular weight excluding hydrogens is 176 g/mol. The fourth-order valence-corrected chi connectivity index (χ4v) is 2.37. The molecule has 0 aromatic heterocycles. The van der Waals surface area contributed by atoms with Crippen molar-refractivity contribution in [1.82, 2.24) is 0 Å². The van der Waals surface area contributed by atoms with Gasteiger partial charge in [-0.2, -0.15) is 0 Å². The molecule has 0 spiro atoms. The van der Waals surface area contributed by atoms with E-state index in [2.05, 4.69) is 6.07 Å². The molecule has 1 aliphatic heterocycles. The number of fused-ring (bicyclic) bond motifs is 2. The molecule has 0 saturated heterocycles. The molecule has 1 heterocycles. The minimum atomic E-state index is -0.145. The topological polar surface area (TPSA) is 26.3 Å². The second kappa shape index (κ2) is 2.84. The fraction of sp³-hybridized carbons (Fsp3) is 0.417. The van der Waals surface area contributed by atoms with Gasteiger partial charge >= 0.3 is 5.97 Å². The van der Waals surface area contributed by atoms with Crippen LogP contribution in [0.15, 0.2) is 12.1 Å². The number of esters is 1. The van der Waals surface area contributed by atoms with Gasteiger partial charge < -0.3 is 4.74 Å². The zero-order chi connectivity index (χ0) is 9.54. The van der Waals surface area contributed by atoms with Crippen molar-refractivity contribution < 1.29 is 9.53 Å². The number of aryl methyl sites for hydroxylation is 2. The second-order valence-electron chi connectivity index (χ2n) is 4.06. The summed E-state index contributed by atoms with van der Waals surface area (Å²) in [6, 6.07) is 4.20. The summed E-state index contributed by atoms with van der Waals surface area (Å²) in [6.45, 7) is 0.474. The molecule has 14 heavy (non-hydrogen) atoms. The number of hydrogen-bond acceptors (Lipinski definition) is 2. The van der Waals surface area contributed by atoms with E-state index in [9.17, 15) is 4.79 Å². The first-order valence-electron chi connectivity index (χ1n) is 5.16. The highest BCUT2D eigenvalue weighted by Gasteiger charge is 2.23. The molecule has 0 saturated carbocycles. The predicted molar refractivity (Wildman–Crippen MR) is 52.2 cm³/mol. The summed E-state index contributed by atoms with van der Waals surface area (Å²) in [5.74, 6) is -0.145. The van der Waals surface area contributed by atoms with Crippen molar-refractivity contribution in [2.45, 2.75) is 32.3 Å². The Morgan fingerprint density at radius 2 is 1.71 bits per heavy atom. The van der Waals surface area contributed by atoms with Crippen LogP contribution in [0.5, 0.6) is 0 Å². The summed E-state index contributed by atoms with van der Waals surface area (Å²) in [6.07, 6.45) is 4.81. The average molecular weight is 188 g/mol. The van der Waals surface area contributed by atoms with Crippen LogP contribution in [-0.4, -0.2) is 5.97 Å². The van der Waals surface area contributed by atoms with Crippen LogP contribution in [-0.2, 0) is 24.2 Å². The Kier molecular flexibility index (Phi) is 1.63. The summed E-state index contributed by atoms with van der Waals surface area (Å²) >= 11 is 0. The molecule has 0 unspecified atom stereocenters. The quantitative estimate of drug-likeness (QED) is 0.583. The normalized spacial score (nSPS) is 18.7. The lowest BCUT2D eigenvalue weighted by molar-refractivity contribution is 0.0535. The van der Waals surface area contributed by atoms with Crippen LogP contribution < -0.4 is 0 Å². The Hall–Kier alpha value is -1.31. The van der Waals surface area contributed by atoms with Crippen molar-refractivity contribution in [3.63, 3.8) is 0 Å². The van der Waals surface area contributed by atoms with E-state index in [0.717, 1.165) is 24.0 Å². The number of benzene rings is 1. The van der Waals surface area contributed by atoms with Crippen molar-refractivity contribution in [3.05, 3.63) is 34.4 Å². The Balaban J connectivity index is 2.15. The molecule has 0 atom stereocenters. The van der Waals surface area contributed by atoms with E-state index < -0.39 is 0 Å². The van der Waals surface area contributed by atoms with Gasteiger partial charge in [0.25, 0.3) is 0 Å². The SMILES string of the molecule is O=C1OCc2cc3c(cc21)CCCC3. The zero-order valence-electron chi connectivity index (χ0n) is 8.01. The van der Waals surface area contributed by atoms with E-state index >= 15 is 0 Å². The van der Waals surface area contributed by atoms with Gasteiger partial charge in [-0.1, -0.05) is 6.07 Å². The highest BCUT2D eigenvalue weighted by Crippen LogP contribution is 2.28. The van der Waals surface area contributed by atoms with Crippen molar-refractivity contribution in [3.8, 4) is 0 Å². The maximum absolute atomic E-state index is 11.3. The number of carbonyl (C=O) groups is 1. The molecule has 0 fully saturated rings. The highest BCUT2D eigenvalue weighted by molar-refractivity contribution is 5.93. The fourth-order valence-electron chi connectivity index (χ4n) is 2.37. The summed E-state index contributed by atoms with van der Waals surface area (Å²) < 4.78 is 5.00. The molecule has 0 N–H and O–H groups in total. The van der Waals surface area contributed by atoms with Gasteiger partial charge in [-0.15, -0.1) is 0 Å². The van der Waals surface area contributed by atoms with Crippen molar-refractivity contribution in [2.75, 3.05) is 0 Å². The van der Waals surface area contributed by atoms with Crippen LogP contribution in [0.4, 0.5) is 0 Å². The number of carbonyl (C=O) groups excluding carboxylic acids is 1. The van der Waals surface area contributed by atoms with Crippen molar-refractivity contribution in [2.24, 2.45) is 0 Å². The molecule has 1 aromatic carbocycles. The standard InChI is InChI=1S/C12H12O2/c13-12-11-6-9-4-2-1-3-8(9)5-10(11)7-14-12/h5-6H,1-4,7H2. The Morgan fingerprint density at radius 1 is 1.00 bits per heavy atom. The first-order valence-corrected chi connectivity index (χ1v) is 5.16. The van der Waals surface area contributed by atoms with E-state index in [1.165, 1.54) is 24.0 Å². The van der Waals surface area contributed by atoms with Gasteiger partial charge in [-0.3, -0.25) is 0 Å². The number of rotatable bonds is 0. The molecule has 0 radical (unpaired) electrons. The van der Waals surface area contributed by atoms with Crippen molar-refractivity contribution >= 4 is 5.97 Å². The maximum Gasteiger partial charge on any atom is 0.338 e. The average Bonchev–Trinajstić information content (AvgIpc) is 2.57. The van der Waals surface area contributed by atoms with Gasteiger partial charge in [0, 0.05) is 5.56 Å². The van der Waals surface area contributed by atoms with Crippen LogP contribution >= 0.6 is 0 Å². The van der Waals surface area contributed by atoms with Gasteiger partial charge in [0.15, 0.2) is 0 Å². The Bertz CT molecular complexity index is 407. The minimum absolute atomic E-state index is 0.145. The van der Waals surface area contributed by atoms with Crippen LogP contribution in [0, 0.1) is 0 Å². The van der Waals surface area contributed by atoms with E-state index in [1.54, 1.807) is 0 Å². The van der Waals surface area contributed by atoms with E-state index in [0.29, 0.717) is 6.61 Å². The molecular formula is C12H12O2. The van der Waals surface area contributed by atoms with Crippen LogP contribution in [0.25, 0.3) is 0 Å². The molecule has 2 heteroatoms. The first kappa shape index (κ1) is 8.04. The van der Waals surface area contributed by atoms with E-state index in [1.807, 2.05) is 6.07 Å². The van der Waals surface area contributed by atoms with Crippen LogP contribution in [0.1, 0.15) is 39.9 Å². The summed E-state index contributed by atoms with van der Waals surface area (Å²) in [7, 11) is 0. The summed E-state index contributed by atoms with van der Waals surface area (Å²) in [4.78, 5) is 11.3. The first-order chi connectivity index (χ1) is 6.84. The Labute approximate surface area is 82.9 Å². The summed E-state index contributed by atoms with van der Waals surface area (Å²) in [5.41, 5.74) is 4.66. The third kappa shape index (κ3) is 1.07. The molecule has 0 bridgehead atoms. The predicted octanol–water partition coefficient (Wildman–Crippen LogP) is 2.24. The molecule has 1 aromatic rings. The number of ether oxygens (including phenoxy) is 1. The second-order valence-corrected chi connectivity index (χ2v) is 4.06. The molecule has 1 aliphatic carbocycles. The molecule has 3 rings (SSSR count). The highest BCUT2D eigenvalue weighted by atomic mass is 16.5. The van der Waals surface area contributed by atoms with Gasteiger partial charge in [0.2, 0.25) is 0 Å². The molecule has 72 valence electrons. The van der Waals surface area contributed by atoms with Crippen LogP contribution in [0.2, 0.25) is 0 Å². The maximum atomic E-state index is 11.3. The van der Waals surface area contributed by atoms with E-state index in [-0.39, 0.29) is 5.97 Å². The molecule has 0 amide bonds. The third-order valence-corrected chi connectivity index (χ3v) is 3.15. The van der Waals surface area contributed by atoms with Gasteiger partial charge in [0.05, 0.1) is 5.56 Å². The molecule has 2 aliphatic rings. The lowest BCUT2D eigenvalue weighted by atomic mass is 9.89. The minimum Gasteiger partial charge on any atom is -0.457 e. The van der Waals surface area contributed by atoms with Gasteiger partial charge in [-0.05, 0) is 42.9 Å². The third-order valence-electron chi connectivity index (χ3n) is 3.15. The van der Waals surface area contributed by atoms with E-state index in [4.69, 9.17) is 4.74 Å². The largest absolute Gasteiger partial charge is 0.457 e. The summed E-state index contributed by atoms with van der Waals surface area (Å²) in [5, 5.41) is 0. The monoisotopic (exact) mass is 188 g/mol. The van der Waals surface area contributed by atoms with Crippen molar-refractivity contribution in [1.29, 1.82) is 0 Å². The lowest BCUT2D eigenvalue weighted by Crippen LogP contribution is -2.05. The lowest BCUT2D eigenvalue weighted by Gasteiger charge is -2.15. The number of cyclic esters (lactones) is 1. The molecule has 2 nitrogen and oxygen atoms in total.